The molecule has 11 heteroatoms. The van der Waals surface area contributed by atoms with Crippen molar-refractivity contribution in [2.24, 2.45) is 0 Å². The van der Waals surface area contributed by atoms with Crippen molar-refractivity contribution in [3.63, 3.8) is 0 Å². The summed E-state index contributed by atoms with van der Waals surface area (Å²) in [5.41, 5.74) is 3.26. The molecule has 2 aliphatic rings. The van der Waals surface area contributed by atoms with E-state index in [2.05, 4.69) is 20.2 Å². The summed E-state index contributed by atoms with van der Waals surface area (Å²) in [6.07, 6.45) is 2.14. The summed E-state index contributed by atoms with van der Waals surface area (Å²) >= 11 is 0. The topological polar surface area (TPSA) is 113 Å². The molecule has 2 aliphatic heterocycles. The number of nitrogens with one attached hydrogen (secondary N) is 1. The van der Waals surface area contributed by atoms with Gasteiger partial charge in [0.1, 0.15) is 11.4 Å². The Morgan fingerprint density at radius 1 is 1.11 bits per heavy atom. The highest BCUT2D eigenvalue weighted by atomic mass is 16.6. The van der Waals surface area contributed by atoms with Gasteiger partial charge in [-0.2, -0.15) is 0 Å². The predicted octanol–water partition coefficient (Wildman–Crippen LogP) is 4.19. The maximum absolute atomic E-state index is 13.3. The zero-order chi connectivity index (χ0) is 26.3. The van der Waals surface area contributed by atoms with Gasteiger partial charge in [-0.25, -0.2) is 19.6 Å². The number of oxazole rings is 1. The van der Waals surface area contributed by atoms with Gasteiger partial charge in [0, 0.05) is 74.9 Å². The number of aromatic nitrogens is 2. The van der Waals surface area contributed by atoms with Crippen molar-refractivity contribution in [3.8, 4) is 5.75 Å². The molecule has 3 aromatic rings. The van der Waals surface area contributed by atoms with Gasteiger partial charge in [0.15, 0.2) is 22.7 Å². The predicted molar refractivity (Wildman–Crippen MR) is 140 cm³/mol. The Kier molecular flexibility index (Phi) is 6.30. The molecule has 1 aromatic carbocycles. The number of ether oxygens (including phenoxy) is 2. The monoisotopic (exact) mass is 508 g/mol. The van der Waals surface area contributed by atoms with Gasteiger partial charge < -0.3 is 29.0 Å². The van der Waals surface area contributed by atoms with Crippen LogP contribution in [0.4, 0.5) is 26.8 Å². The zero-order valence-electron chi connectivity index (χ0n) is 21.8. The van der Waals surface area contributed by atoms with Crippen molar-refractivity contribution in [3.05, 3.63) is 35.9 Å². The van der Waals surface area contributed by atoms with E-state index in [1.807, 2.05) is 26.8 Å². The fraction of sp³-hybridized carbons (Fsp3) is 0.462. The number of methoxy groups -OCH3 is 1. The molecule has 196 valence electrons. The van der Waals surface area contributed by atoms with E-state index in [1.54, 1.807) is 42.2 Å². The Morgan fingerprint density at radius 2 is 1.86 bits per heavy atom. The van der Waals surface area contributed by atoms with E-state index in [1.165, 1.54) is 0 Å². The standard InChI is InChI=1S/C26H32N6O5/c1-16-28-22-20(35-5)14-17(15-21(22)36-16)29-24(33)32-9-7-18-19(6-8-27-23(18)32)30-10-12-31(13-11-30)25(34)37-26(2,3)4/h6,8,14-15H,7,9-13H2,1-5H3,(H,29,33). The Bertz CT molecular complexity index is 1340. The number of rotatable bonds is 3. The third kappa shape index (κ3) is 4.98. The molecule has 5 rings (SSSR count). The van der Waals surface area contributed by atoms with E-state index >= 15 is 0 Å². The number of carbonyl (C=O) groups excluding carboxylic acids is 2. The molecule has 2 aromatic heterocycles. The van der Waals surface area contributed by atoms with Gasteiger partial charge in [-0.15, -0.1) is 0 Å². The number of piperazine rings is 1. The number of benzene rings is 1. The van der Waals surface area contributed by atoms with E-state index in [0.29, 0.717) is 73.4 Å². The minimum absolute atomic E-state index is 0.282. The Balaban J connectivity index is 1.29. The van der Waals surface area contributed by atoms with Crippen LogP contribution in [-0.4, -0.2) is 72.4 Å². The number of amides is 3. The van der Waals surface area contributed by atoms with E-state index in [9.17, 15) is 9.59 Å². The third-order valence-corrected chi connectivity index (χ3v) is 6.40. The summed E-state index contributed by atoms with van der Waals surface area (Å²) < 4.78 is 16.6. The maximum atomic E-state index is 13.3. The molecule has 1 fully saturated rings. The normalized spacial score (nSPS) is 15.6. The molecule has 0 radical (unpaired) electrons. The fourth-order valence-electron chi connectivity index (χ4n) is 4.75. The molecule has 0 bridgehead atoms. The molecule has 4 heterocycles. The second kappa shape index (κ2) is 9.45. The minimum atomic E-state index is -0.519. The van der Waals surface area contributed by atoms with Crippen LogP contribution in [0.3, 0.4) is 0 Å². The van der Waals surface area contributed by atoms with Gasteiger partial charge in [-0.1, -0.05) is 0 Å². The van der Waals surface area contributed by atoms with E-state index in [0.717, 1.165) is 11.3 Å². The smallest absolute Gasteiger partial charge is 0.410 e. The molecule has 0 aliphatic carbocycles. The van der Waals surface area contributed by atoms with Crippen molar-refractivity contribution in [2.75, 3.05) is 55.0 Å². The number of hydrogen-bond donors (Lipinski definition) is 1. The first kappa shape index (κ1) is 24.7. The number of aryl methyl sites for hydroxylation is 1. The van der Waals surface area contributed by atoms with Crippen molar-refractivity contribution < 1.29 is 23.5 Å². The highest BCUT2D eigenvalue weighted by Crippen LogP contribution is 2.35. The van der Waals surface area contributed by atoms with Crippen molar-refractivity contribution in [2.45, 2.75) is 39.7 Å². The van der Waals surface area contributed by atoms with Crippen LogP contribution in [0.15, 0.2) is 28.8 Å². The van der Waals surface area contributed by atoms with Crippen LogP contribution in [0, 0.1) is 6.92 Å². The number of nitrogens with zero attached hydrogens (tertiary/aromatic N) is 5. The summed E-state index contributed by atoms with van der Waals surface area (Å²) in [4.78, 5) is 40.2. The van der Waals surface area contributed by atoms with Gasteiger partial charge in [0.25, 0.3) is 0 Å². The summed E-state index contributed by atoms with van der Waals surface area (Å²) in [7, 11) is 1.56. The molecule has 1 saturated heterocycles. The third-order valence-electron chi connectivity index (χ3n) is 6.40. The number of anilines is 3. The first-order valence-corrected chi connectivity index (χ1v) is 12.4. The fourth-order valence-corrected chi connectivity index (χ4v) is 4.75. The van der Waals surface area contributed by atoms with Crippen LogP contribution in [0.2, 0.25) is 0 Å². The zero-order valence-corrected chi connectivity index (χ0v) is 21.8. The van der Waals surface area contributed by atoms with E-state index < -0.39 is 5.60 Å². The Hall–Kier alpha value is -4.02. The van der Waals surface area contributed by atoms with Gasteiger partial charge in [0.05, 0.1) is 7.11 Å². The van der Waals surface area contributed by atoms with Gasteiger partial charge in [0.2, 0.25) is 0 Å². The summed E-state index contributed by atoms with van der Waals surface area (Å²) in [5, 5.41) is 2.94. The van der Waals surface area contributed by atoms with Gasteiger partial charge in [-0.05, 0) is 33.3 Å². The minimum Gasteiger partial charge on any atom is -0.494 e. The molecule has 0 unspecified atom stereocenters. The number of fused-ring (bicyclic) bond motifs is 2. The first-order chi connectivity index (χ1) is 17.6. The van der Waals surface area contributed by atoms with Crippen molar-refractivity contribution >= 4 is 40.4 Å². The van der Waals surface area contributed by atoms with Gasteiger partial charge in [-0.3, -0.25) is 4.90 Å². The second-order valence-electron chi connectivity index (χ2n) is 10.2. The Labute approximate surface area is 215 Å². The molecule has 0 atom stereocenters. The van der Waals surface area contributed by atoms with Crippen molar-refractivity contribution in [1.29, 1.82) is 0 Å². The summed E-state index contributed by atoms with van der Waals surface area (Å²) in [6.45, 7) is 10.4. The lowest BCUT2D eigenvalue weighted by Crippen LogP contribution is -2.50. The molecule has 37 heavy (non-hydrogen) atoms. The molecule has 3 amide bonds. The number of urea groups is 1. The van der Waals surface area contributed by atoms with E-state index in [-0.39, 0.29) is 12.1 Å². The average molecular weight is 509 g/mol. The second-order valence-corrected chi connectivity index (χ2v) is 10.2. The molecule has 11 nitrogen and oxygen atoms in total. The van der Waals surface area contributed by atoms with Crippen LogP contribution in [0.5, 0.6) is 5.75 Å². The first-order valence-electron chi connectivity index (χ1n) is 12.4. The van der Waals surface area contributed by atoms with Crippen molar-refractivity contribution in [1.82, 2.24) is 14.9 Å². The van der Waals surface area contributed by atoms with Gasteiger partial charge >= 0.3 is 12.1 Å². The largest absolute Gasteiger partial charge is 0.494 e. The quantitative estimate of drug-likeness (QED) is 0.560. The average Bonchev–Trinajstić information content (AvgIpc) is 3.45. The number of pyridine rings is 1. The highest BCUT2D eigenvalue weighted by molar-refractivity contribution is 6.04. The Morgan fingerprint density at radius 3 is 2.57 bits per heavy atom. The van der Waals surface area contributed by atoms with Crippen LogP contribution in [0.1, 0.15) is 32.2 Å². The SMILES string of the molecule is COc1cc(NC(=O)N2CCc3c(N4CCN(C(=O)OC(C)(C)C)CC4)ccnc32)cc2oc(C)nc12. The number of carbonyl (C=O) groups is 2. The van der Waals surface area contributed by atoms with E-state index in [4.69, 9.17) is 13.9 Å². The van der Waals surface area contributed by atoms with Crippen LogP contribution in [0.25, 0.3) is 11.1 Å². The van der Waals surface area contributed by atoms with Crippen LogP contribution >= 0.6 is 0 Å². The molecule has 0 spiro atoms. The molecule has 1 N–H and O–H groups in total. The summed E-state index contributed by atoms with van der Waals surface area (Å²) in [5.74, 6) is 1.69. The highest BCUT2D eigenvalue weighted by Gasteiger charge is 2.32. The molecular weight excluding hydrogens is 476 g/mol. The van der Waals surface area contributed by atoms with Crippen LogP contribution < -0.4 is 19.9 Å². The lowest BCUT2D eigenvalue weighted by atomic mass is 10.1. The number of hydrogen-bond acceptors (Lipinski definition) is 8. The summed E-state index contributed by atoms with van der Waals surface area (Å²) in [6, 6.07) is 5.17. The molecule has 0 saturated carbocycles. The lowest BCUT2D eigenvalue weighted by Gasteiger charge is -2.37. The molecular formula is C26H32N6O5. The lowest BCUT2D eigenvalue weighted by molar-refractivity contribution is 0.0240. The van der Waals surface area contributed by atoms with Crippen LogP contribution in [-0.2, 0) is 11.2 Å². The maximum Gasteiger partial charge on any atom is 0.410 e.